The summed E-state index contributed by atoms with van der Waals surface area (Å²) in [4.78, 5) is 0. The highest BCUT2D eigenvalue weighted by Crippen LogP contribution is 2.19. The van der Waals surface area contributed by atoms with E-state index in [9.17, 15) is 0 Å². The second-order valence-corrected chi connectivity index (χ2v) is 5.59. The van der Waals surface area contributed by atoms with Crippen molar-refractivity contribution >= 4 is 15.9 Å². The van der Waals surface area contributed by atoms with Crippen molar-refractivity contribution in [3.05, 3.63) is 34.3 Å². The van der Waals surface area contributed by atoms with Crippen LogP contribution in [-0.2, 0) is 14.2 Å². The number of rotatable bonds is 12. The molecule has 0 saturated carbocycles. The summed E-state index contributed by atoms with van der Waals surface area (Å²) < 4.78 is 17.4. The Morgan fingerprint density at radius 1 is 1.10 bits per heavy atom. The Morgan fingerprint density at radius 2 is 1.86 bits per heavy atom. The van der Waals surface area contributed by atoms with Gasteiger partial charge in [0.25, 0.3) is 0 Å². The Labute approximate surface area is 136 Å². The molecular weight excluding hydrogens is 334 g/mol. The van der Waals surface area contributed by atoms with Gasteiger partial charge in [0.05, 0.1) is 19.3 Å². The lowest BCUT2D eigenvalue weighted by Gasteiger charge is -2.19. The summed E-state index contributed by atoms with van der Waals surface area (Å²) in [6.45, 7) is 6.55. The number of halogens is 1. The number of hydrogen-bond acceptors (Lipinski definition) is 4. The minimum atomic E-state index is 0.0806. The van der Waals surface area contributed by atoms with Gasteiger partial charge in [0.2, 0.25) is 0 Å². The van der Waals surface area contributed by atoms with Gasteiger partial charge in [0, 0.05) is 31.3 Å². The van der Waals surface area contributed by atoms with Crippen molar-refractivity contribution in [3.63, 3.8) is 0 Å². The molecule has 5 heteroatoms. The Morgan fingerprint density at radius 3 is 2.52 bits per heavy atom. The van der Waals surface area contributed by atoms with E-state index in [0.717, 1.165) is 24.0 Å². The molecule has 1 aromatic rings. The average Bonchev–Trinajstić information content (AvgIpc) is 2.50. The summed E-state index contributed by atoms with van der Waals surface area (Å²) in [5, 5.41) is 3.35. The standard InChI is InChI=1S/C16H26BrNO3/c1-3-18-13-16(14-5-7-15(17)8-6-14)21-10-4-9-20-12-11-19-2/h5-8,16,18H,3-4,9-13H2,1-2H3. The molecule has 1 aromatic carbocycles. The smallest absolute Gasteiger partial charge is 0.0949 e. The molecule has 0 radical (unpaired) electrons. The summed E-state index contributed by atoms with van der Waals surface area (Å²) >= 11 is 3.46. The highest BCUT2D eigenvalue weighted by molar-refractivity contribution is 9.10. The van der Waals surface area contributed by atoms with Crippen LogP contribution < -0.4 is 5.32 Å². The van der Waals surface area contributed by atoms with Gasteiger partial charge >= 0.3 is 0 Å². The first kappa shape index (κ1) is 18.6. The van der Waals surface area contributed by atoms with Crippen LogP contribution in [0.4, 0.5) is 0 Å². The van der Waals surface area contributed by atoms with E-state index in [1.807, 2.05) is 12.1 Å². The number of nitrogens with one attached hydrogen (secondary N) is 1. The number of ether oxygens (including phenoxy) is 3. The first-order valence-corrected chi connectivity index (χ1v) is 8.21. The lowest BCUT2D eigenvalue weighted by Crippen LogP contribution is -2.23. The average molecular weight is 360 g/mol. The van der Waals surface area contributed by atoms with Crippen LogP contribution in [-0.4, -0.2) is 46.6 Å². The SMILES string of the molecule is CCNCC(OCCCOCCOC)c1ccc(Br)cc1. The van der Waals surface area contributed by atoms with E-state index in [4.69, 9.17) is 14.2 Å². The Bertz CT molecular complexity index is 359. The largest absolute Gasteiger partial charge is 0.382 e. The van der Waals surface area contributed by atoms with Gasteiger partial charge < -0.3 is 19.5 Å². The van der Waals surface area contributed by atoms with Crippen molar-refractivity contribution in [2.75, 3.05) is 46.6 Å². The third kappa shape index (κ3) is 8.53. The van der Waals surface area contributed by atoms with E-state index in [0.29, 0.717) is 26.4 Å². The Balaban J connectivity index is 2.31. The predicted molar refractivity (Wildman–Crippen MR) is 88.7 cm³/mol. The molecule has 0 aromatic heterocycles. The molecule has 21 heavy (non-hydrogen) atoms. The summed E-state index contributed by atoms with van der Waals surface area (Å²) in [6.07, 6.45) is 0.972. The quantitative estimate of drug-likeness (QED) is 0.582. The van der Waals surface area contributed by atoms with Gasteiger partial charge in [-0.05, 0) is 30.7 Å². The number of hydrogen-bond donors (Lipinski definition) is 1. The van der Waals surface area contributed by atoms with Crippen LogP contribution in [0.1, 0.15) is 25.0 Å². The van der Waals surface area contributed by atoms with Gasteiger partial charge in [0.15, 0.2) is 0 Å². The van der Waals surface area contributed by atoms with Gasteiger partial charge in [-0.1, -0.05) is 35.0 Å². The zero-order chi connectivity index (χ0) is 15.3. The molecule has 0 saturated heterocycles. The molecule has 1 unspecified atom stereocenters. The molecule has 0 aliphatic heterocycles. The zero-order valence-corrected chi connectivity index (χ0v) is 14.5. The van der Waals surface area contributed by atoms with Crippen LogP contribution in [0.2, 0.25) is 0 Å². The second-order valence-electron chi connectivity index (χ2n) is 4.68. The van der Waals surface area contributed by atoms with Crippen molar-refractivity contribution in [3.8, 4) is 0 Å². The van der Waals surface area contributed by atoms with Gasteiger partial charge in [-0.3, -0.25) is 0 Å². The highest BCUT2D eigenvalue weighted by Gasteiger charge is 2.11. The van der Waals surface area contributed by atoms with E-state index in [-0.39, 0.29) is 6.10 Å². The van der Waals surface area contributed by atoms with E-state index in [1.54, 1.807) is 7.11 Å². The van der Waals surface area contributed by atoms with Gasteiger partial charge in [-0.25, -0.2) is 0 Å². The Kier molecular flexibility index (Phi) is 10.7. The minimum absolute atomic E-state index is 0.0806. The predicted octanol–water partition coefficient (Wildman–Crippen LogP) is 3.17. The van der Waals surface area contributed by atoms with Crippen LogP contribution in [0.5, 0.6) is 0 Å². The molecule has 0 amide bonds. The van der Waals surface area contributed by atoms with Crippen molar-refractivity contribution in [1.29, 1.82) is 0 Å². The summed E-state index contributed by atoms with van der Waals surface area (Å²) in [6, 6.07) is 8.29. The number of methoxy groups -OCH3 is 1. The van der Waals surface area contributed by atoms with Gasteiger partial charge in [-0.2, -0.15) is 0 Å². The number of likely N-dealkylation sites (N-methyl/N-ethyl adjacent to an activating group) is 1. The third-order valence-corrected chi connectivity index (χ3v) is 3.53. The van der Waals surface area contributed by atoms with Crippen LogP contribution in [0.3, 0.4) is 0 Å². The zero-order valence-electron chi connectivity index (χ0n) is 12.9. The normalized spacial score (nSPS) is 12.5. The molecule has 1 atom stereocenters. The minimum Gasteiger partial charge on any atom is -0.382 e. The molecule has 0 aliphatic rings. The Hall–Kier alpha value is -0.460. The van der Waals surface area contributed by atoms with Crippen molar-refractivity contribution in [2.45, 2.75) is 19.4 Å². The van der Waals surface area contributed by atoms with E-state index >= 15 is 0 Å². The maximum Gasteiger partial charge on any atom is 0.0949 e. The highest BCUT2D eigenvalue weighted by atomic mass is 79.9. The first-order valence-electron chi connectivity index (χ1n) is 7.42. The monoisotopic (exact) mass is 359 g/mol. The van der Waals surface area contributed by atoms with E-state index < -0.39 is 0 Å². The molecule has 4 nitrogen and oxygen atoms in total. The lowest BCUT2D eigenvalue weighted by molar-refractivity contribution is 0.0232. The summed E-state index contributed by atoms with van der Waals surface area (Å²) in [5.74, 6) is 0. The van der Waals surface area contributed by atoms with Crippen molar-refractivity contribution < 1.29 is 14.2 Å². The van der Waals surface area contributed by atoms with Crippen LogP contribution in [0, 0.1) is 0 Å². The molecule has 120 valence electrons. The van der Waals surface area contributed by atoms with Crippen molar-refractivity contribution in [1.82, 2.24) is 5.32 Å². The third-order valence-electron chi connectivity index (χ3n) is 3.01. The molecule has 1 rings (SSSR count). The molecule has 0 bridgehead atoms. The van der Waals surface area contributed by atoms with E-state index in [2.05, 4.69) is 40.3 Å². The molecule has 1 N–H and O–H groups in total. The van der Waals surface area contributed by atoms with Crippen molar-refractivity contribution in [2.24, 2.45) is 0 Å². The maximum atomic E-state index is 5.99. The molecule has 0 spiro atoms. The van der Waals surface area contributed by atoms with Gasteiger partial charge in [-0.15, -0.1) is 0 Å². The first-order chi connectivity index (χ1) is 10.3. The summed E-state index contributed by atoms with van der Waals surface area (Å²) in [7, 11) is 1.68. The fourth-order valence-corrected chi connectivity index (χ4v) is 2.12. The topological polar surface area (TPSA) is 39.7 Å². The van der Waals surface area contributed by atoms with Crippen LogP contribution in [0.25, 0.3) is 0 Å². The van der Waals surface area contributed by atoms with Crippen LogP contribution >= 0.6 is 15.9 Å². The van der Waals surface area contributed by atoms with E-state index in [1.165, 1.54) is 5.56 Å². The molecular formula is C16H26BrNO3. The lowest BCUT2D eigenvalue weighted by atomic mass is 10.1. The molecule has 0 fully saturated rings. The summed E-state index contributed by atoms with van der Waals surface area (Å²) in [5.41, 5.74) is 1.19. The van der Waals surface area contributed by atoms with Gasteiger partial charge in [0.1, 0.15) is 0 Å². The number of benzene rings is 1. The molecule has 0 heterocycles. The molecule has 0 aliphatic carbocycles. The fourth-order valence-electron chi connectivity index (χ4n) is 1.86. The maximum absolute atomic E-state index is 5.99. The van der Waals surface area contributed by atoms with Crippen LogP contribution in [0.15, 0.2) is 28.7 Å². The second kappa shape index (κ2) is 12.1. The fraction of sp³-hybridized carbons (Fsp3) is 0.625.